The van der Waals surface area contributed by atoms with Crippen LogP contribution in [-0.2, 0) is 11.1 Å². The van der Waals surface area contributed by atoms with Crippen molar-refractivity contribution in [2.45, 2.75) is 117 Å². The molecule has 2 aliphatic rings. The Balaban J connectivity index is 0.000000181. The van der Waals surface area contributed by atoms with E-state index in [1.165, 1.54) is 92.0 Å². The van der Waals surface area contributed by atoms with Crippen molar-refractivity contribution < 1.29 is 14.4 Å². The molecule has 8 rings (SSSR count). The SMILES string of the molecule is CC(C)CO[B]O.CC(C)Cc1ccc(-c2ccccc2)nc1.COc1cccc(C)c1-c1ccccc1P(C1CCCCC1)C1CCCCC1.Clc1ccc(-c2ccccc2)nc1. The highest BCUT2D eigenvalue weighted by molar-refractivity contribution is 7.67. The lowest BCUT2D eigenvalue weighted by Crippen LogP contribution is -2.27. The molecule has 337 valence electrons. The molecule has 1 radical (unpaired) electrons. The van der Waals surface area contributed by atoms with Gasteiger partial charge in [-0.3, -0.25) is 9.97 Å². The number of rotatable bonds is 12. The molecule has 0 atom stereocenters. The van der Waals surface area contributed by atoms with Gasteiger partial charge in [-0.1, -0.05) is 189 Å². The average molecular weight is 896 g/mol. The number of methoxy groups -OCH3 is 1. The molecular weight excluding hydrogens is 826 g/mol. The first-order valence-electron chi connectivity index (χ1n) is 23.4. The molecule has 0 saturated heterocycles. The number of ether oxygens (including phenoxy) is 1. The van der Waals surface area contributed by atoms with Gasteiger partial charge in [-0.05, 0) is 108 Å². The molecule has 8 heteroatoms. The quantitative estimate of drug-likeness (QED) is 0.0979. The Kier molecular flexibility index (Phi) is 22.1. The standard InChI is InChI=1S/C26H35OP.C15H17N.C11H8ClN.C4H10BO2/c1-20-12-11-18-24(27-2)26(20)23-17-9-10-19-25(23)28(21-13-5-3-6-14-21)22-15-7-4-8-16-22;1-12(2)10-13-8-9-15(16-11-13)14-6-4-3-5-7-14;12-10-6-7-11(13-8-10)9-4-2-1-3-5-9;1-4(2)3-7-5-6/h9-12,17-19,21-22H,3-8,13-16H2,1-2H3;3-9,11-12H,10H2,1-2H3;1-8H;4,6H,3H2,1-2H3. The predicted octanol–water partition coefficient (Wildman–Crippen LogP) is 15.0. The number of aromatic nitrogens is 2. The number of nitrogens with zero attached hydrogens (tertiary/aromatic N) is 2. The molecule has 2 fully saturated rings. The Morgan fingerprint density at radius 2 is 1.19 bits per heavy atom. The van der Waals surface area contributed by atoms with Gasteiger partial charge in [0.05, 0.1) is 23.5 Å². The molecule has 2 heterocycles. The van der Waals surface area contributed by atoms with Crippen molar-refractivity contribution in [2.24, 2.45) is 11.8 Å². The van der Waals surface area contributed by atoms with Crippen LogP contribution in [0.2, 0.25) is 5.02 Å². The van der Waals surface area contributed by atoms with Gasteiger partial charge in [0.2, 0.25) is 0 Å². The summed E-state index contributed by atoms with van der Waals surface area (Å²) in [5.74, 6) is 2.20. The molecule has 0 unspecified atom stereocenters. The van der Waals surface area contributed by atoms with Crippen molar-refractivity contribution >= 4 is 32.5 Å². The van der Waals surface area contributed by atoms with Crippen molar-refractivity contribution in [3.05, 3.63) is 156 Å². The summed E-state index contributed by atoms with van der Waals surface area (Å²) < 4.78 is 10.3. The first-order valence-corrected chi connectivity index (χ1v) is 25.3. The first-order chi connectivity index (χ1) is 31.2. The number of pyridine rings is 2. The van der Waals surface area contributed by atoms with Crippen molar-refractivity contribution in [1.29, 1.82) is 0 Å². The van der Waals surface area contributed by atoms with Gasteiger partial charge in [0.1, 0.15) is 5.75 Å². The second-order valence-corrected chi connectivity index (χ2v) is 20.9. The summed E-state index contributed by atoms with van der Waals surface area (Å²) >= 11 is 5.74. The molecule has 64 heavy (non-hydrogen) atoms. The van der Waals surface area contributed by atoms with E-state index in [9.17, 15) is 0 Å². The van der Waals surface area contributed by atoms with Gasteiger partial charge in [0.15, 0.2) is 0 Å². The van der Waals surface area contributed by atoms with E-state index in [0.717, 1.165) is 48.1 Å². The van der Waals surface area contributed by atoms with Crippen LogP contribution in [0.15, 0.2) is 140 Å². The van der Waals surface area contributed by atoms with E-state index in [1.807, 2.05) is 87.8 Å². The Morgan fingerprint density at radius 3 is 1.66 bits per heavy atom. The summed E-state index contributed by atoms with van der Waals surface area (Å²) in [6.07, 6.45) is 19.2. The van der Waals surface area contributed by atoms with Gasteiger partial charge >= 0.3 is 7.69 Å². The number of hydrogen-bond acceptors (Lipinski definition) is 5. The molecular formula is C56H70BClN2O3P. The minimum atomic E-state index is -0.122. The molecule has 6 aromatic rings. The van der Waals surface area contributed by atoms with Crippen LogP contribution in [-0.4, -0.2) is 47.7 Å². The van der Waals surface area contributed by atoms with Crippen LogP contribution in [0, 0.1) is 18.8 Å². The maximum atomic E-state index is 7.97. The van der Waals surface area contributed by atoms with Crippen molar-refractivity contribution in [1.82, 2.24) is 9.97 Å². The lowest BCUT2D eigenvalue weighted by atomic mass is 9.99. The van der Waals surface area contributed by atoms with Gasteiger partial charge in [0.25, 0.3) is 0 Å². The topological polar surface area (TPSA) is 64.5 Å². The van der Waals surface area contributed by atoms with E-state index in [0.29, 0.717) is 23.5 Å². The molecule has 5 nitrogen and oxygen atoms in total. The van der Waals surface area contributed by atoms with Gasteiger partial charge in [0, 0.05) is 35.7 Å². The van der Waals surface area contributed by atoms with E-state index < -0.39 is 0 Å². The number of benzene rings is 4. The Bertz CT molecular complexity index is 2160. The number of halogens is 1. The zero-order valence-electron chi connectivity index (χ0n) is 39.1. The fourth-order valence-corrected chi connectivity index (χ4v) is 12.7. The minimum absolute atomic E-state index is 0.122. The summed E-state index contributed by atoms with van der Waals surface area (Å²) in [6.45, 7) is 11.3. The average Bonchev–Trinajstić information content (AvgIpc) is 3.33. The Hall–Kier alpha value is -4.32. The van der Waals surface area contributed by atoms with Crippen LogP contribution in [0.25, 0.3) is 33.6 Å². The van der Waals surface area contributed by atoms with Crippen LogP contribution in [0.4, 0.5) is 0 Å². The molecule has 0 amide bonds. The highest BCUT2D eigenvalue weighted by Gasteiger charge is 2.34. The molecule has 0 spiro atoms. The van der Waals surface area contributed by atoms with Crippen LogP contribution in [0.1, 0.15) is 103 Å². The van der Waals surface area contributed by atoms with Gasteiger partial charge in [-0.25, -0.2) is 0 Å². The number of hydrogen-bond donors (Lipinski definition) is 1. The number of aryl methyl sites for hydroxylation is 1. The maximum Gasteiger partial charge on any atom is 0.485 e. The third-order valence-electron chi connectivity index (χ3n) is 11.7. The second kappa shape index (κ2) is 27.9. The third-order valence-corrected chi connectivity index (χ3v) is 15.5. The molecule has 2 aliphatic carbocycles. The molecule has 1 N–H and O–H groups in total. The summed E-state index contributed by atoms with van der Waals surface area (Å²) in [6, 6.07) is 44.2. The van der Waals surface area contributed by atoms with E-state index in [-0.39, 0.29) is 7.92 Å². The van der Waals surface area contributed by atoms with Crippen molar-refractivity contribution in [2.75, 3.05) is 13.7 Å². The monoisotopic (exact) mass is 895 g/mol. The lowest BCUT2D eigenvalue weighted by molar-refractivity contribution is 0.246. The summed E-state index contributed by atoms with van der Waals surface area (Å²) in [5, 5.41) is 10.3. The Labute approximate surface area is 392 Å². The maximum absolute atomic E-state index is 7.97. The molecule has 2 saturated carbocycles. The zero-order chi connectivity index (χ0) is 45.5. The predicted molar refractivity (Wildman–Crippen MR) is 275 cm³/mol. The molecule has 0 bridgehead atoms. The van der Waals surface area contributed by atoms with Gasteiger partial charge < -0.3 is 14.4 Å². The van der Waals surface area contributed by atoms with Crippen LogP contribution < -0.4 is 10.0 Å². The molecule has 2 aromatic heterocycles. The highest BCUT2D eigenvalue weighted by atomic mass is 35.5. The van der Waals surface area contributed by atoms with Crippen LogP contribution >= 0.6 is 19.5 Å². The smallest absolute Gasteiger partial charge is 0.485 e. The Morgan fingerprint density at radius 1 is 0.641 bits per heavy atom. The van der Waals surface area contributed by atoms with Gasteiger partial charge in [-0.2, -0.15) is 0 Å². The van der Waals surface area contributed by atoms with E-state index in [4.69, 9.17) is 21.4 Å². The fourth-order valence-electron chi connectivity index (χ4n) is 8.66. The fraction of sp³-hybridized carbons (Fsp3) is 0.393. The third kappa shape index (κ3) is 16.3. The summed E-state index contributed by atoms with van der Waals surface area (Å²) in [7, 11) is 2.41. The van der Waals surface area contributed by atoms with Gasteiger partial charge in [-0.15, -0.1) is 0 Å². The minimum Gasteiger partial charge on any atom is -0.496 e. The van der Waals surface area contributed by atoms with Crippen LogP contribution in [0.5, 0.6) is 5.75 Å². The van der Waals surface area contributed by atoms with Crippen molar-refractivity contribution in [3.63, 3.8) is 0 Å². The van der Waals surface area contributed by atoms with E-state index in [2.05, 4.69) is 102 Å². The highest BCUT2D eigenvalue weighted by Crippen LogP contribution is 2.56. The normalized spacial score (nSPS) is 14.1. The second-order valence-electron chi connectivity index (χ2n) is 17.7. The van der Waals surface area contributed by atoms with Crippen LogP contribution in [0.3, 0.4) is 0 Å². The molecule has 0 aliphatic heterocycles. The van der Waals surface area contributed by atoms with E-state index >= 15 is 0 Å². The van der Waals surface area contributed by atoms with Crippen molar-refractivity contribution in [3.8, 4) is 39.4 Å². The largest absolute Gasteiger partial charge is 0.496 e. The summed E-state index contributed by atoms with van der Waals surface area (Å²) in [5.41, 5.74) is 11.5. The van der Waals surface area contributed by atoms with E-state index in [1.54, 1.807) is 11.5 Å². The zero-order valence-corrected chi connectivity index (χ0v) is 40.8. The first kappa shape index (κ1) is 50.7. The lowest BCUT2D eigenvalue weighted by Gasteiger charge is -2.39. The summed E-state index contributed by atoms with van der Waals surface area (Å²) in [4.78, 5) is 8.72. The molecule has 4 aromatic carbocycles.